The highest BCUT2D eigenvalue weighted by molar-refractivity contribution is 6.14. The van der Waals surface area contributed by atoms with Crippen molar-refractivity contribution in [1.29, 1.82) is 0 Å². The Morgan fingerprint density at radius 1 is 1.14 bits per heavy atom. The van der Waals surface area contributed by atoms with E-state index < -0.39 is 64.2 Å². The van der Waals surface area contributed by atoms with E-state index in [4.69, 9.17) is 5.73 Å². The SMILES string of the molecule is CC1(O)C2CC=CC(O)=C2C(=O)C2=C(O)C3(O)C(=O)C(C(N)=O)C(O)CC3CC21. The predicted octanol–water partition coefficient (Wildman–Crippen LogP) is -0.677. The molecule has 0 saturated heterocycles. The van der Waals surface area contributed by atoms with Gasteiger partial charge in [-0.1, -0.05) is 6.08 Å². The van der Waals surface area contributed by atoms with Crippen LogP contribution >= 0.6 is 0 Å². The highest BCUT2D eigenvalue weighted by Gasteiger charge is 2.65. The molecule has 0 aromatic carbocycles. The molecule has 9 heteroatoms. The van der Waals surface area contributed by atoms with Gasteiger partial charge in [-0.2, -0.15) is 0 Å². The minimum atomic E-state index is -2.58. The van der Waals surface area contributed by atoms with Crippen LogP contribution in [0, 0.1) is 23.7 Å². The standard InChI is InChI=1S/C20H23NO8/c1-19(28)8-3-2-4-10(22)12(8)15(24)13-9(19)5-7-6-11(23)14(18(21)27)17(26)20(7,29)16(13)25/h2,4,7-9,11,14,22-23,25,28-29H,3,5-6H2,1H3,(H2,21,27). The number of Topliss-reactive ketones (excluding diaryl/α,β-unsaturated/α-hetero) is 2. The molecule has 2 saturated carbocycles. The number of nitrogens with two attached hydrogens (primary N) is 1. The Labute approximate surface area is 165 Å². The minimum absolute atomic E-state index is 0.0723. The summed E-state index contributed by atoms with van der Waals surface area (Å²) in [6.45, 7) is 1.48. The molecule has 7 N–H and O–H groups in total. The quantitative estimate of drug-likeness (QED) is 0.311. The van der Waals surface area contributed by atoms with Crippen molar-refractivity contribution in [3.8, 4) is 0 Å². The number of primary amides is 1. The van der Waals surface area contributed by atoms with Crippen LogP contribution in [-0.4, -0.2) is 60.3 Å². The van der Waals surface area contributed by atoms with Crippen molar-refractivity contribution in [3.05, 3.63) is 34.8 Å². The molecular formula is C20H23NO8. The van der Waals surface area contributed by atoms with Gasteiger partial charge in [-0.15, -0.1) is 0 Å². The Morgan fingerprint density at radius 2 is 1.79 bits per heavy atom. The molecule has 0 spiro atoms. The fourth-order valence-electron chi connectivity index (χ4n) is 5.57. The van der Waals surface area contributed by atoms with Gasteiger partial charge in [-0.05, 0) is 32.3 Å². The summed E-state index contributed by atoms with van der Waals surface area (Å²) in [7, 11) is 0. The van der Waals surface area contributed by atoms with Crippen LogP contribution in [0.2, 0.25) is 0 Å². The number of hydrogen-bond acceptors (Lipinski definition) is 8. The van der Waals surface area contributed by atoms with Gasteiger partial charge in [0.15, 0.2) is 17.2 Å². The Morgan fingerprint density at radius 3 is 2.41 bits per heavy atom. The number of allylic oxidation sites excluding steroid dienone is 2. The summed E-state index contributed by atoms with van der Waals surface area (Å²) >= 11 is 0. The Balaban J connectivity index is 1.93. The first-order valence-electron chi connectivity index (χ1n) is 9.48. The molecule has 4 aliphatic rings. The topological polar surface area (TPSA) is 178 Å². The number of fused-ring (bicyclic) bond motifs is 3. The molecule has 4 rings (SSSR count). The largest absolute Gasteiger partial charge is 0.508 e. The number of hydrogen-bond donors (Lipinski definition) is 6. The smallest absolute Gasteiger partial charge is 0.230 e. The molecule has 156 valence electrons. The first-order chi connectivity index (χ1) is 13.4. The molecule has 9 nitrogen and oxygen atoms in total. The van der Waals surface area contributed by atoms with Crippen LogP contribution in [0.4, 0.5) is 0 Å². The molecular weight excluding hydrogens is 382 g/mol. The third-order valence-electron chi connectivity index (χ3n) is 7.12. The van der Waals surface area contributed by atoms with Crippen LogP contribution in [0.3, 0.4) is 0 Å². The van der Waals surface area contributed by atoms with Gasteiger partial charge in [0.2, 0.25) is 5.91 Å². The van der Waals surface area contributed by atoms with Crippen molar-refractivity contribution in [2.45, 2.75) is 43.5 Å². The van der Waals surface area contributed by atoms with Crippen molar-refractivity contribution in [2.24, 2.45) is 29.4 Å². The number of ketones is 2. The van der Waals surface area contributed by atoms with E-state index in [-0.39, 0.29) is 29.7 Å². The van der Waals surface area contributed by atoms with Gasteiger partial charge < -0.3 is 31.3 Å². The lowest BCUT2D eigenvalue weighted by Gasteiger charge is -2.54. The Bertz CT molecular complexity index is 929. The van der Waals surface area contributed by atoms with Crippen molar-refractivity contribution in [2.75, 3.05) is 0 Å². The molecule has 2 fully saturated rings. The molecule has 4 aliphatic carbocycles. The molecule has 7 unspecified atom stereocenters. The zero-order valence-corrected chi connectivity index (χ0v) is 15.7. The van der Waals surface area contributed by atoms with E-state index in [9.17, 15) is 39.9 Å². The first-order valence-corrected chi connectivity index (χ1v) is 9.48. The van der Waals surface area contributed by atoms with Crippen LogP contribution in [0.5, 0.6) is 0 Å². The van der Waals surface area contributed by atoms with Gasteiger partial charge in [0.25, 0.3) is 0 Å². The Kier molecular flexibility index (Phi) is 4.10. The van der Waals surface area contributed by atoms with Crippen molar-refractivity contribution >= 4 is 17.5 Å². The van der Waals surface area contributed by atoms with E-state index in [0.29, 0.717) is 6.42 Å². The number of rotatable bonds is 1. The van der Waals surface area contributed by atoms with Gasteiger partial charge >= 0.3 is 0 Å². The number of aliphatic hydroxyl groups excluding tert-OH is 3. The van der Waals surface area contributed by atoms with Gasteiger partial charge in [-0.25, -0.2) is 0 Å². The molecule has 0 aromatic rings. The average molecular weight is 405 g/mol. The summed E-state index contributed by atoms with van der Waals surface area (Å²) in [5.41, 5.74) is 0.608. The summed E-state index contributed by atoms with van der Waals surface area (Å²) < 4.78 is 0. The normalized spacial score (nSPS) is 44.3. The van der Waals surface area contributed by atoms with Crippen LogP contribution in [0.15, 0.2) is 34.8 Å². The van der Waals surface area contributed by atoms with E-state index in [1.165, 1.54) is 13.0 Å². The van der Waals surface area contributed by atoms with Crippen molar-refractivity contribution in [1.82, 2.24) is 0 Å². The maximum atomic E-state index is 13.2. The monoisotopic (exact) mass is 405 g/mol. The van der Waals surface area contributed by atoms with Gasteiger partial charge in [0.05, 0.1) is 11.7 Å². The van der Waals surface area contributed by atoms with Crippen molar-refractivity contribution < 1.29 is 39.9 Å². The summed E-state index contributed by atoms with van der Waals surface area (Å²) in [4.78, 5) is 37.7. The lowest BCUT2D eigenvalue weighted by atomic mass is 9.52. The summed E-state index contributed by atoms with van der Waals surface area (Å²) in [5.74, 6) is -8.77. The molecule has 7 atom stereocenters. The fourth-order valence-corrected chi connectivity index (χ4v) is 5.57. The lowest BCUT2D eigenvalue weighted by molar-refractivity contribution is -0.172. The molecule has 0 bridgehead atoms. The molecule has 0 aromatic heterocycles. The molecule has 1 amide bonds. The van der Waals surface area contributed by atoms with E-state index in [1.54, 1.807) is 6.08 Å². The summed E-state index contributed by atoms with van der Waals surface area (Å²) in [5, 5.41) is 53.8. The van der Waals surface area contributed by atoms with Crippen LogP contribution in [-0.2, 0) is 14.4 Å². The highest BCUT2D eigenvalue weighted by atomic mass is 16.4. The minimum Gasteiger partial charge on any atom is -0.508 e. The van der Waals surface area contributed by atoms with Crippen LogP contribution in [0.1, 0.15) is 26.2 Å². The lowest BCUT2D eigenvalue weighted by Crippen LogP contribution is -2.65. The van der Waals surface area contributed by atoms with E-state index >= 15 is 0 Å². The maximum Gasteiger partial charge on any atom is 0.230 e. The van der Waals surface area contributed by atoms with E-state index in [2.05, 4.69) is 0 Å². The van der Waals surface area contributed by atoms with Gasteiger partial charge in [0, 0.05) is 28.9 Å². The first kappa shape index (κ1) is 19.8. The van der Waals surface area contributed by atoms with E-state index in [0.717, 1.165) is 0 Å². The predicted molar refractivity (Wildman–Crippen MR) is 97.0 cm³/mol. The van der Waals surface area contributed by atoms with Gasteiger partial charge in [-0.3, -0.25) is 14.4 Å². The average Bonchev–Trinajstić information content (AvgIpc) is 2.62. The molecule has 0 aliphatic heterocycles. The van der Waals surface area contributed by atoms with Crippen molar-refractivity contribution in [3.63, 3.8) is 0 Å². The Hall–Kier alpha value is -2.49. The zero-order chi connectivity index (χ0) is 21.5. The molecule has 0 heterocycles. The number of amides is 1. The van der Waals surface area contributed by atoms with E-state index in [1.807, 2.05) is 0 Å². The third-order valence-corrected chi connectivity index (χ3v) is 7.12. The second-order valence-corrected chi connectivity index (χ2v) is 8.61. The zero-order valence-electron chi connectivity index (χ0n) is 15.7. The highest BCUT2D eigenvalue weighted by Crippen LogP contribution is 2.56. The van der Waals surface area contributed by atoms with Crippen LogP contribution < -0.4 is 5.73 Å². The fraction of sp³-hybridized carbons (Fsp3) is 0.550. The number of aliphatic hydroxyl groups is 5. The molecule has 29 heavy (non-hydrogen) atoms. The van der Waals surface area contributed by atoms with Crippen LogP contribution in [0.25, 0.3) is 0 Å². The summed E-state index contributed by atoms with van der Waals surface area (Å²) in [6, 6.07) is 0. The molecule has 0 radical (unpaired) electrons. The van der Waals surface area contributed by atoms with Gasteiger partial charge in [0.1, 0.15) is 17.4 Å². The second-order valence-electron chi connectivity index (χ2n) is 8.61. The maximum absolute atomic E-state index is 13.2. The summed E-state index contributed by atoms with van der Waals surface area (Å²) in [6.07, 6.45) is 1.52. The number of carbonyl (C=O) groups is 3. The third kappa shape index (κ3) is 2.35. The second kappa shape index (κ2) is 6.01. The number of carbonyl (C=O) groups excluding carboxylic acids is 3.